The molecule has 2 heteroatoms. The quantitative estimate of drug-likeness (QED) is 0.584. The Labute approximate surface area is 64.8 Å². The molecule has 0 unspecified atom stereocenters. The van der Waals surface area contributed by atoms with E-state index in [4.69, 9.17) is 11.2 Å². The molecule has 0 saturated heterocycles. The van der Waals surface area contributed by atoms with Crippen molar-refractivity contribution in [2.45, 2.75) is 0 Å². The smallest absolute Gasteiger partial charge is 0.165 e. The lowest BCUT2D eigenvalue weighted by Gasteiger charge is -2.01. The SMILES string of the molecule is C#CCOc1ccccc1F. The zero-order valence-corrected chi connectivity index (χ0v) is 5.88. The van der Waals surface area contributed by atoms with Gasteiger partial charge in [-0.2, -0.15) is 0 Å². The van der Waals surface area contributed by atoms with E-state index in [0.29, 0.717) is 0 Å². The average molecular weight is 150 g/mol. The van der Waals surface area contributed by atoms with Crippen molar-refractivity contribution in [1.82, 2.24) is 0 Å². The van der Waals surface area contributed by atoms with Crippen molar-refractivity contribution in [3.8, 4) is 18.1 Å². The maximum absolute atomic E-state index is 12.7. The molecule has 0 bridgehead atoms. The van der Waals surface area contributed by atoms with Gasteiger partial charge in [-0.15, -0.1) is 6.42 Å². The van der Waals surface area contributed by atoms with Gasteiger partial charge in [0.05, 0.1) is 0 Å². The van der Waals surface area contributed by atoms with E-state index in [9.17, 15) is 4.39 Å². The van der Waals surface area contributed by atoms with E-state index in [2.05, 4.69) is 5.92 Å². The highest BCUT2D eigenvalue weighted by molar-refractivity contribution is 5.23. The lowest BCUT2D eigenvalue weighted by molar-refractivity contribution is 0.348. The Hall–Kier alpha value is -1.49. The topological polar surface area (TPSA) is 9.23 Å². The summed E-state index contributed by atoms with van der Waals surface area (Å²) in [6.07, 6.45) is 4.93. The Balaban J connectivity index is 2.71. The predicted octanol–water partition coefficient (Wildman–Crippen LogP) is 1.84. The molecule has 0 N–H and O–H groups in total. The number of para-hydroxylation sites is 1. The van der Waals surface area contributed by atoms with Gasteiger partial charge < -0.3 is 4.74 Å². The molecular weight excluding hydrogens is 143 g/mol. The minimum Gasteiger partial charge on any atom is -0.478 e. The fraction of sp³-hybridized carbons (Fsp3) is 0.111. The molecule has 0 atom stereocenters. The molecule has 0 heterocycles. The van der Waals surface area contributed by atoms with Crippen molar-refractivity contribution >= 4 is 0 Å². The molecular formula is C9H7FO. The Morgan fingerprint density at radius 1 is 1.45 bits per heavy atom. The number of benzene rings is 1. The maximum Gasteiger partial charge on any atom is 0.165 e. The van der Waals surface area contributed by atoms with E-state index in [-0.39, 0.29) is 18.2 Å². The Morgan fingerprint density at radius 2 is 2.18 bits per heavy atom. The molecule has 0 amide bonds. The van der Waals surface area contributed by atoms with Crippen LogP contribution in [0.5, 0.6) is 5.75 Å². The number of hydrogen-bond acceptors (Lipinski definition) is 1. The molecule has 0 aliphatic heterocycles. The van der Waals surface area contributed by atoms with Crippen LogP contribution in [0.2, 0.25) is 0 Å². The summed E-state index contributed by atoms with van der Waals surface area (Å²) in [4.78, 5) is 0. The van der Waals surface area contributed by atoms with E-state index < -0.39 is 0 Å². The highest BCUT2D eigenvalue weighted by Gasteiger charge is 1.98. The van der Waals surface area contributed by atoms with Crippen LogP contribution in [0.25, 0.3) is 0 Å². The zero-order valence-electron chi connectivity index (χ0n) is 5.88. The fourth-order valence-corrected chi connectivity index (χ4v) is 0.681. The van der Waals surface area contributed by atoms with Gasteiger partial charge in [0.2, 0.25) is 0 Å². The minimum absolute atomic E-state index is 0.0981. The van der Waals surface area contributed by atoms with Crippen LogP contribution < -0.4 is 4.74 Å². The molecule has 0 saturated carbocycles. The van der Waals surface area contributed by atoms with Crippen molar-refractivity contribution in [2.24, 2.45) is 0 Å². The number of rotatable bonds is 2. The molecule has 11 heavy (non-hydrogen) atoms. The van der Waals surface area contributed by atoms with Gasteiger partial charge in [0.25, 0.3) is 0 Å². The Bertz CT molecular complexity index is 275. The van der Waals surface area contributed by atoms with E-state index in [1.165, 1.54) is 12.1 Å². The molecule has 0 radical (unpaired) electrons. The van der Waals surface area contributed by atoms with Crippen LogP contribution in [0.1, 0.15) is 0 Å². The van der Waals surface area contributed by atoms with Crippen molar-refractivity contribution in [1.29, 1.82) is 0 Å². The van der Waals surface area contributed by atoms with Crippen LogP contribution in [0, 0.1) is 18.2 Å². The second kappa shape index (κ2) is 3.62. The second-order valence-corrected chi connectivity index (χ2v) is 1.92. The fourth-order valence-electron chi connectivity index (χ4n) is 0.681. The molecule has 1 aromatic carbocycles. The van der Waals surface area contributed by atoms with Crippen molar-refractivity contribution in [3.05, 3.63) is 30.1 Å². The molecule has 0 aliphatic carbocycles. The normalized spacial score (nSPS) is 8.73. The molecule has 1 rings (SSSR count). The lowest BCUT2D eigenvalue weighted by atomic mass is 10.3. The highest BCUT2D eigenvalue weighted by atomic mass is 19.1. The third-order valence-electron chi connectivity index (χ3n) is 1.15. The minimum atomic E-state index is -0.386. The van der Waals surface area contributed by atoms with Gasteiger partial charge in [0.15, 0.2) is 11.6 Å². The van der Waals surface area contributed by atoms with E-state index >= 15 is 0 Å². The summed E-state index contributed by atoms with van der Waals surface area (Å²) in [5.74, 6) is 2.07. The standard InChI is InChI=1S/C9H7FO/c1-2-7-11-9-6-4-3-5-8(9)10/h1,3-6H,7H2. The molecule has 0 fully saturated rings. The van der Waals surface area contributed by atoms with Gasteiger partial charge in [0.1, 0.15) is 6.61 Å². The lowest BCUT2D eigenvalue weighted by Crippen LogP contribution is -1.95. The predicted molar refractivity (Wildman–Crippen MR) is 40.7 cm³/mol. The summed E-state index contributed by atoms with van der Waals surface area (Å²) >= 11 is 0. The van der Waals surface area contributed by atoms with Crippen LogP contribution in [0.4, 0.5) is 4.39 Å². The molecule has 1 aromatic rings. The Kier molecular flexibility index (Phi) is 2.51. The summed E-state index contributed by atoms with van der Waals surface area (Å²) in [6.45, 7) is 0.0981. The van der Waals surface area contributed by atoms with Crippen LogP contribution in [0.15, 0.2) is 24.3 Å². The van der Waals surface area contributed by atoms with Crippen LogP contribution in [-0.2, 0) is 0 Å². The van der Waals surface area contributed by atoms with Gasteiger partial charge in [-0.1, -0.05) is 18.1 Å². The molecule has 0 spiro atoms. The van der Waals surface area contributed by atoms with Gasteiger partial charge in [-0.05, 0) is 12.1 Å². The molecule has 0 aromatic heterocycles. The van der Waals surface area contributed by atoms with Crippen molar-refractivity contribution in [2.75, 3.05) is 6.61 Å². The average Bonchev–Trinajstić information content (AvgIpc) is 2.03. The van der Waals surface area contributed by atoms with Gasteiger partial charge in [-0.3, -0.25) is 0 Å². The van der Waals surface area contributed by atoms with Crippen LogP contribution in [-0.4, -0.2) is 6.61 Å². The number of ether oxygens (including phenoxy) is 1. The third-order valence-corrected chi connectivity index (χ3v) is 1.15. The van der Waals surface area contributed by atoms with Gasteiger partial charge in [0, 0.05) is 0 Å². The third kappa shape index (κ3) is 1.98. The van der Waals surface area contributed by atoms with E-state index in [0.717, 1.165) is 0 Å². The summed E-state index contributed by atoms with van der Waals surface area (Å²) in [5.41, 5.74) is 0. The summed E-state index contributed by atoms with van der Waals surface area (Å²) in [6, 6.07) is 6.14. The molecule has 56 valence electrons. The first-order valence-electron chi connectivity index (χ1n) is 3.15. The Morgan fingerprint density at radius 3 is 2.82 bits per heavy atom. The van der Waals surface area contributed by atoms with Gasteiger partial charge >= 0.3 is 0 Å². The first kappa shape index (κ1) is 7.62. The summed E-state index contributed by atoms with van der Waals surface area (Å²) in [7, 11) is 0. The zero-order chi connectivity index (χ0) is 8.10. The van der Waals surface area contributed by atoms with Crippen molar-refractivity contribution < 1.29 is 9.13 Å². The molecule has 1 nitrogen and oxygen atoms in total. The molecule has 0 aliphatic rings. The number of halogens is 1. The van der Waals surface area contributed by atoms with E-state index in [1.807, 2.05) is 0 Å². The summed E-state index contributed by atoms with van der Waals surface area (Å²) in [5, 5.41) is 0. The first-order valence-corrected chi connectivity index (χ1v) is 3.15. The highest BCUT2D eigenvalue weighted by Crippen LogP contribution is 2.14. The number of hydrogen-bond donors (Lipinski definition) is 0. The van der Waals surface area contributed by atoms with Crippen molar-refractivity contribution in [3.63, 3.8) is 0 Å². The maximum atomic E-state index is 12.7. The van der Waals surface area contributed by atoms with Gasteiger partial charge in [-0.25, -0.2) is 4.39 Å². The van der Waals surface area contributed by atoms with E-state index in [1.54, 1.807) is 12.1 Å². The number of terminal acetylenes is 1. The monoisotopic (exact) mass is 150 g/mol. The second-order valence-electron chi connectivity index (χ2n) is 1.92. The largest absolute Gasteiger partial charge is 0.478 e. The van der Waals surface area contributed by atoms with Crippen LogP contribution >= 0.6 is 0 Å². The van der Waals surface area contributed by atoms with Crippen LogP contribution in [0.3, 0.4) is 0 Å². The first-order chi connectivity index (χ1) is 5.34. The summed E-state index contributed by atoms with van der Waals surface area (Å²) < 4.78 is 17.6.